The summed E-state index contributed by atoms with van der Waals surface area (Å²) in [7, 11) is 0. The van der Waals surface area contributed by atoms with Gasteiger partial charge >= 0.3 is 0 Å². The number of H-pyrrole nitrogens is 1. The van der Waals surface area contributed by atoms with E-state index in [0.717, 1.165) is 16.8 Å². The number of rotatable bonds is 1. The van der Waals surface area contributed by atoms with Crippen molar-refractivity contribution in [2.24, 2.45) is 0 Å². The van der Waals surface area contributed by atoms with Crippen LogP contribution in [0, 0.1) is 6.92 Å². The van der Waals surface area contributed by atoms with Gasteiger partial charge in [-0.1, -0.05) is 5.16 Å². The van der Waals surface area contributed by atoms with Crippen LogP contribution in [0.1, 0.15) is 5.76 Å². The van der Waals surface area contributed by atoms with Crippen LogP contribution in [-0.4, -0.2) is 20.3 Å². The quantitative estimate of drug-likeness (QED) is 0.641. The number of hydrogen-bond donors (Lipinski definition) is 2. The SMILES string of the molecule is Cc1cc(-c2[nH]nc3ncc(N)cc23)no1. The third kappa shape index (κ3) is 1.23. The minimum absolute atomic E-state index is 0.593. The predicted octanol–water partition coefficient (Wildman–Crippen LogP) is 1.50. The van der Waals surface area contributed by atoms with E-state index in [1.54, 1.807) is 6.20 Å². The van der Waals surface area contributed by atoms with Crippen LogP contribution in [0.5, 0.6) is 0 Å². The zero-order valence-electron chi connectivity index (χ0n) is 8.56. The number of fused-ring (bicyclic) bond motifs is 1. The lowest BCUT2D eigenvalue weighted by molar-refractivity contribution is 0.399. The first kappa shape index (κ1) is 8.90. The second-order valence-corrected chi connectivity index (χ2v) is 3.56. The molecule has 0 radical (unpaired) electrons. The molecule has 0 bridgehead atoms. The van der Waals surface area contributed by atoms with Gasteiger partial charge in [-0.15, -0.1) is 0 Å². The Morgan fingerprint density at radius 1 is 1.38 bits per heavy atom. The lowest BCUT2D eigenvalue weighted by Crippen LogP contribution is -1.86. The van der Waals surface area contributed by atoms with Gasteiger partial charge in [0.15, 0.2) is 5.65 Å². The fourth-order valence-corrected chi connectivity index (χ4v) is 1.60. The Labute approximate surface area is 90.5 Å². The number of hydrogen-bond acceptors (Lipinski definition) is 5. The highest BCUT2D eigenvalue weighted by Crippen LogP contribution is 2.25. The van der Waals surface area contributed by atoms with E-state index in [-0.39, 0.29) is 0 Å². The number of pyridine rings is 1. The van der Waals surface area contributed by atoms with Crippen LogP contribution in [0.3, 0.4) is 0 Å². The maximum absolute atomic E-state index is 5.69. The number of nitrogen functional groups attached to an aromatic ring is 1. The van der Waals surface area contributed by atoms with Gasteiger partial charge in [0.25, 0.3) is 0 Å². The minimum Gasteiger partial charge on any atom is -0.397 e. The van der Waals surface area contributed by atoms with Crippen LogP contribution >= 0.6 is 0 Å². The smallest absolute Gasteiger partial charge is 0.181 e. The number of aryl methyl sites for hydroxylation is 1. The first-order valence-electron chi connectivity index (χ1n) is 4.77. The summed E-state index contributed by atoms with van der Waals surface area (Å²) in [6.07, 6.45) is 1.57. The van der Waals surface area contributed by atoms with Crippen molar-refractivity contribution in [3.63, 3.8) is 0 Å². The molecule has 0 unspecified atom stereocenters. The van der Waals surface area contributed by atoms with Crippen LogP contribution in [0.25, 0.3) is 22.4 Å². The first-order valence-corrected chi connectivity index (χ1v) is 4.77. The van der Waals surface area contributed by atoms with Crippen molar-refractivity contribution in [2.45, 2.75) is 6.92 Å². The molecule has 3 aromatic heterocycles. The molecule has 3 N–H and O–H groups in total. The van der Waals surface area contributed by atoms with Crippen LogP contribution in [0.4, 0.5) is 5.69 Å². The molecule has 3 heterocycles. The van der Waals surface area contributed by atoms with Crippen molar-refractivity contribution in [2.75, 3.05) is 5.73 Å². The largest absolute Gasteiger partial charge is 0.397 e. The van der Waals surface area contributed by atoms with Crippen molar-refractivity contribution in [1.29, 1.82) is 0 Å². The van der Waals surface area contributed by atoms with Gasteiger partial charge in [0, 0.05) is 6.07 Å². The zero-order valence-corrected chi connectivity index (χ0v) is 8.56. The molecule has 0 spiro atoms. The molecule has 0 saturated heterocycles. The van der Waals surface area contributed by atoms with E-state index in [2.05, 4.69) is 20.3 Å². The van der Waals surface area contributed by atoms with Gasteiger partial charge in [0.2, 0.25) is 0 Å². The molecule has 6 nitrogen and oxygen atoms in total. The Bertz CT molecular complexity index is 654. The van der Waals surface area contributed by atoms with Gasteiger partial charge in [0.1, 0.15) is 11.5 Å². The number of anilines is 1. The van der Waals surface area contributed by atoms with Crippen LogP contribution in [0.2, 0.25) is 0 Å². The van der Waals surface area contributed by atoms with Crippen molar-refractivity contribution < 1.29 is 4.52 Å². The highest BCUT2D eigenvalue weighted by molar-refractivity contribution is 5.91. The third-order valence-electron chi connectivity index (χ3n) is 2.31. The molecule has 0 aliphatic rings. The second-order valence-electron chi connectivity index (χ2n) is 3.56. The minimum atomic E-state index is 0.593. The topological polar surface area (TPSA) is 93.6 Å². The molecule has 80 valence electrons. The Balaban J connectivity index is 2.27. The van der Waals surface area contributed by atoms with Crippen LogP contribution < -0.4 is 5.73 Å². The van der Waals surface area contributed by atoms with Crippen molar-refractivity contribution in [3.8, 4) is 11.4 Å². The summed E-state index contributed by atoms with van der Waals surface area (Å²) in [6.45, 7) is 1.83. The number of nitrogens with two attached hydrogens (primary N) is 1. The molecule has 0 fully saturated rings. The molecule has 0 atom stereocenters. The molecule has 0 aromatic carbocycles. The molecule has 0 aliphatic carbocycles. The maximum Gasteiger partial charge on any atom is 0.181 e. The summed E-state index contributed by atoms with van der Waals surface area (Å²) in [5.41, 5.74) is 8.37. The van der Waals surface area contributed by atoms with E-state index in [9.17, 15) is 0 Å². The van der Waals surface area contributed by atoms with Gasteiger partial charge in [0.05, 0.1) is 23.0 Å². The predicted molar refractivity (Wildman–Crippen MR) is 58.5 cm³/mol. The maximum atomic E-state index is 5.69. The summed E-state index contributed by atoms with van der Waals surface area (Å²) in [5, 5.41) is 11.7. The fourth-order valence-electron chi connectivity index (χ4n) is 1.60. The van der Waals surface area contributed by atoms with E-state index >= 15 is 0 Å². The number of nitrogens with one attached hydrogen (secondary N) is 1. The molecule has 0 aliphatic heterocycles. The average molecular weight is 215 g/mol. The Hall–Kier alpha value is -2.37. The van der Waals surface area contributed by atoms with E-state index in [0.29, 0.717) is 17.0 Å². The molecular formula is C10H9N5O. The van der Waals surface area contributed by atoms with Crippen molar-refractivity contribution in [1.82, 2.24) is 20.3 Å². The summed E-state index contributed by atoms with van der Waals surface area (Å²) < 4.78 is 5.02. The first-order chi connectivity index (χ1) is 7.74. The monoisotopic (exact) mass is 215 g/mol. The highest BCUT2D eigenvalue weighted by Gasteiger charge is 2.12. The van der Waals surface area contributed by atoms with E-state index < -0.39 is 0 Å². The van der Waals surface area contributed by atoms with Gasteiger partial charge in [-0.05, 0) is 13.0 Å². The van der Waals surface area contributed by atoms with Gasteiger partial charge in [-0.25, -0.2) is 4.98 Å². The van der Waals surface area contributed by atoms with Gasteiger partial charge in [-0.3, -0.25) is 5.10 Å². The van der Waals surface area contributed by atoms with Gasteiger partial charge in [-0.2, -0.15) is 5.10 Å². The average Bonchev–Trinajstić information content (AvgIpc) is 2.83. The number of aromatic amines is 1. The molecule has 16 heavy (non-hydrogen) atoms. The van der Waals surface area contributed by atoms with E-state index in [1.807, 2.05) is 19.1 Å². The zero-order chi connectivity index (χ0) is 11.1. The second kappa shape index (κ2) is 3.06. The van der Waals surface area contributed by atoms with Crippen LogP contribution in [-0.2, 0) is 0 Å². The standard InChI is InChI=1S/C10H9N5O/c1-5-2-8(15-16-5)9-7-3-6(11)4-12-10(7)14-13-9/h2-4H,11H2,1H3,(H,12,13,14). The summed E-state index contributed by atoms with van der Waals surface area (Å²) in [5.74, 6) is 0.745. The van der Waals surface area contributed by atoms with Gasteiger partial charge < -0.3 is 10.3 Å². The third-order valence-corrected chi connectivity index (χ3v) is 2.31. The fraction of sp³-hybridized carbons (Fsp3) is 0.100. The lowest BCUT2D eigenvalue weighted by Gasteiger charge is -1.93. The highest BCUT2D eigenvalue weighted by atomic mass is 16.5. The molecule has 3 aromatic rings. The molecule has 0 amide bonds. The Kier molecular flexibility index (Phi) is 1.70. The van der Waals surface area contributed by atoms with E-state index in [4.69, 9.17) is 10.3 Å². The van der Waals surface area contributed by atoms with Crippen molar-refractivity contribution >= 4 is 16.7 Å². The van der Waals surface area contributed by atoms with E-state index in [1.165, 1.54) is 0 Å². The summed E-state index contributed by atoms with van der Waals surface area (Å²) in [6, 6.07) is 3.64. The molecule has 0 saturated carbocycles. The lowest BCUT2D eigenvalue weighted by atomic mass is 10.2. The number of aromatic nitrogens is 4. The molecular weight excluding hydrogens is 206 g/mol. The normalized spacial score (nSPS) is 11.1. The summed E-state index contributed by atoms with van der Waals surface area (Å²) >= 11 is 0. The number of nitrogens with zero attached hydrogens (tertiary/aromatic N) is 3. The Morgan fingerprint density at radius 3 is 3.00 bits per heavy atom. The van der Waals surface area contributed by atoms with Crippen molar-refractivity contribution in [3.05, 3.63) is 24.1 Å². The summed E-state index contributed by atoms with van der Waals surface area (Å²) in [4.78, 5) is 4.11. The Morgan fingerprint density at radius 2 is 2.25 bits per heavy atom. The van der Waals surface area contributed by atoms with Crippen LogP contribution in [0.15, 0.2) is 22.9 Å². The molecule has 3 rings (SSSR count). The molecule has 6 heteroatoms.